The van der Waals surface area contributed by atoms with Crippen molar-refractivity contribution in [2.24, 2.45) is 5.73 Å². The van der Waals surface area contributed by atoms with Crippen LogP contribution in [0.3, 0.4) is 0 Å². The van der Waals surface area contributed by atoms with E-state index in [0.29, 0.717) is 0 Å². The van der Waals surface area contributed by atoms with Crippen LogP contribution in [0.25, 0.3) is 0 Å². The quantitative estimate of drug-likeness (QED) is 0.776. The Bertz CT molecular complexity index is 500. The van der Waals surface area contributed by atoms with Crippen LogP contribution in [0.1, 0.15) is 17.5 Å². The van der Waals surface area contributed by atoms with E-state index in [1.54, 1.807) is 0 Å². The molecule has 17 heavy (non-hydrogen) atoms. The minimum Gasteiger partial charge on any atom is -0.369 e. The van der Waals surface area contributed by atoms with Gasteiger partial charge < -0.3 is 5.73 Å². The predicted molar refractivity (Wildman–Crippen MR) is 57.1 cm³/mol. The molecule has 0 aliphatic heterocycles. The van der Waals surface area contributed by atoms with Crippen molar-refractivity contribution in [2.75, 3.05) is 0 Å². The SMILES string of the molecule is NC(=O)CC#Cc1cc(Cl)ccc1C(F)(F)F. The van der Waals surface area contributed by atoms with E-state index in [9.17, 15) is 18.0 Å². The highest BCUT2D eigenvalue weighted by Crippen LogP contribution is 2.32. The van der Waals surface area contributed by atoms with Crippen molar-refractivity contribution in [3.63, 3.8) is 0 Å². The minimum atomic E-state index is -4.51. The number of hydrogen-bond donors (Lipinski definition) is 1. The summed E-state index contributed by atoms with van der Waals surface area (Å²) in [5, 5.41) is 0.140. The van der Waals surface area contributed by atoms with E-state index >= 15 is 0 Å². The van der Waals surface area contributed by atoms with Crippen LogP contribution in [0.15, 0.2) is 18.2 Å². The summed E-state index contributed by atoms with van der Waals surface area (Å²) >= 11 is 5.58. The molecule has 0 saturated heterocycles. The van der Waals surface area contributed by atoms with Crippen molar-refractivity contribution in [3.8, 4) is 11.8 Å². The van der Waals surface area contributed by atoms with Gasteiger partial charge in [-0.05, 0) is 18.2 Å². The van der Waals surface area contributed by atoms with Gasteiger partial charge in [0.2, 0.25) is 5.91 Å². The first-order chi connectivity index (χ1) is 7.80. The van der Waals surface area contributed by atoms with Crippen LogP contribution in [0.5, 0.6) is 0 Å². The largest absolute Gasteiger partial charge is 0.417 e. The van der Waals surface area contributed by atoms with Gasteiger partial charge in [-0.25, -0.2) is 0 Å². The summed E-state index contributed by atoms with van der Waals surface area (Å²) < 4.78 is 37.7. The first-order valence-electron chi connectivity index (χ1n) is 4.44. The Morgan fingerprint density at radius 2 is 2.06 bits per heavy atom. The Balaban J connectivity index is 3.15. The number of benzene rings is 1. The van der Waals surface area contributed by atoms with Gasteiger partial charge >= 0.3 is 6.18 Å². The number of nitrogens with two attached hydrogens (primary N) is 1. The molecule has 2 N–H and O–H groups in total. The summed E-state index contributed by atoms with van der Waals surface area (Å²) in [6.07, 6.45) is -4.81. The summed E-state index contributed by atoms with van der Waals surface area (Å²) in [7, 11) is 0. The van der Waals surface area contributed by atoms with Gasteiger partial charge in [0, 0.05) is 10.6 Å². The topological polar surface area (TPSA) is 43.1 Å². The molecule has 0 radical (unpaired) electrons. The van der Waals surface area contributed by atoms with Gasteiger partial charge in [-0.15, -0.1) is 0 Å². The molecule has 0 unspecified atom stereocenters. The molecule has 0 bridgehead atoms. The number of amides is 1. The number of halogens is 4. The van der Waals surface area contributed by atoms with Gasteiger partial charge in [0.1, 0.15) is 0 Å². The molecule has 1 amide bonds. The van der Waals surface area contributed by atoms with E-state index in [2.05, 4.69) is 11.8 Å². The Kier molecular flexibility index (Phi) is 4.02. The summed E-state index contributed by atoms with van der Waals surface area (Å²) in [6.45, 7) is 0. The monoisotopic (exact) mass is 261 g/mol. The molecule has 0 fully saturated rings. The van der Waals surface area contributed by atoms with Gasteiger partial charge in [-0.2, -0.15) is 13.2 Å². The Hall–Kier alpha value is -1.67. The molecule has 0 aromatic heterocycles. The van der Waals surface area contributed by atoms with E-state index in [0.717, 1.165) is 18.2 Å². The molecule has 0 spiro atoms. The summed E-state index contributed by atoms with van der Waals surface area (Å²) in [5.41, 5.74) is 3.66. The molecule has 2 nitrogen and oxygen atoms in total. The number of carbonyl (C=O) groups excluding carboxylic acids is 1. The zero-order valence-corrected chi connectivity index (χ0v) is 9.19. The average molecular weight is 262 g/mol. The van der Waals surface area contributed by atoms with Crippen LogP contribution >= 0.6 is 11.6 Å². The number of rotatable bonds is 1. The minimum absolute atomic E-state index is 0.140. The van der Waals surface area contributed by atoms with Crippen LogP contribution in [0.2, 0.25) is 5.02 Å². The van der Waals surface area contributed by atoms with Gasteiger partial charge in [-0.1, -0.05) is 23.4 Å². The summed E-state index contributed by atoms with van der Waals surface area (Å²) in [5.74, 6) is 3.79. The third-order valence-electron chi connectivity index (χ3n) is 1.77. The Morgan fingerprint density at radius 1 is 1.41 bits per heavy atom. The fraction of sp³-hybridized carbons (Fsp3) is 0.182. The standard InChI is InChI=1S/C11H7ClF3NO/c12-8-4-5-9(11(13,14)15)7(6-8)2-1-3-10(16)17/h4-6H,3H2,(H2,16,17). The molecule has 0 aliphatic carbocycles. The maximum absolute atomic E-state index is 12.6. The number of carbonyl (C=O) groups is 1. The van der Waals surface area contributed by atoms with Crippen molar-refractivity contribution in [2.45, 2.75) is 12.6 Å². The third kappa shape index (κ3) is 4.00. The Labute approximate surface area is 101 Å². The molecule has 0 aliphatic rings. The van der Waals surface area contributed by atoms with Crippen molar-refractivity contribution in [3.05, 3.63) is 34.3 Å². The zero-order valence-electron chi connectivity index (χ0n) is 8.44. The lowest BCUT2D eigenvalue weighted by Gasteiger charge is -2.08. The molecule has 90 valence electrons. The van der Waals surface area contributed by atoms with Gasteiger partial charge in [0.05, 0.1) is 12.0 Å². The third-order valence-corrected chi connectivity index (χ3v) is 2.01. The molecular weight excluding hydrogens is 255 g/mol. The highest BCUT2D eigenvalue weighted by Gasteiger charge is 2.32. The lowest BCUT2D eigenvalue weighted by molar-refractivity contribution is -0.137. The van der Waals surface area contributed by atoms with E-state index in [1.165, 1.54) is 0 Å². The fourth-order valence-corrected chi connectivity index (χ4v) is 1.27. The van der Waals surface area contributed by atoms with Gasteiger partial charge in [0.15, 0.2) is 0 Å². The van der Waals surface area contributed by atoms with Crippen LogP contribution in [0.4, 0.5) is 13.2 Å². The zero-order chi connectivity index (χ0) is 13.1. The molecule has 1 rings (SSSR count). The van der Waals surface area contributed by atoms with Gasteiger partial charge in [0.25, 0.3) is 0 Å². The Morgan fingerprint density at radius 3 is 2.59 bits per heavy atom. The van der Waals surface area contributed by atoms with Crippen LogP contribution in [-0.4, -0.2) is 5.91 Å². The molecule has 1 aromatic carbocycles. The fourth-order valence-electron chi connectivity index (χ4n) is 1.09. The average Bonchev–Trinajstić information content (AvgIpc) is 2.15. The molecule has 1 aromatic rings. The second-order valence-electron chi connectivity index (χ2n) is 3.13. The first-order valence-corrected chi connectivity index (χ1v) is 4.82. The second kappa shape index (κ2) is 5.11. The summed E-state index contributed by atoms with van der Waals surface area (Å²) in [6, 6.07) is 3.07. The van der Waals surface area contributed by atoms with E-state index in [-0.39, 0.29) is 17.0 Å². The lowest BCUT2D eigenvalue weighted by atomic mass is 10.1. The van der Waals surface area contributed by atoms with Crippen molar-refractivity contribution in [1.82, 2.24) is 0 Å². The summed E-state index contributed by atoms with van der Waals surface area (Å²) in [4.78, 5) is 10.4. The van der Waals surface area contributed by atoms with Crippen molar-refractivity contribution >= 4 is 17.5 Å². The maximum atomic E-state index is 12.6. The van der Waals surface area contributed by atoms with Gasteiger partial charge in [-0.3, -0.25) is 4.79 Å². The van der Waals surface area contributed by atoms with Crippen molar-refractivity contribution in [1.29, 1.82) is 0 Å². The molecule has 0 atom stereocenters. The molecular formula is C11H7ClF3NO. The first kappa shape index (κ1) is 13.4. The molecule has 0 saturated carbocycles. The van der Waals surface area contributed by atoms with Crippen LogP contribution < -0.4 is 5.73 Å². The highest BCUT2D eigenvalue weighted by atomic mass is 35.5. The smallest absolute Gasteiger partial charge is 0.369 e. The van der Waals surface area contributed by atoms with Crippen LogP contribution in [0, 0.1) is 11.8 Å². The lowest BCUT2D eigenvalue weighted by Crippen LogP contribution is -2.09. The van der Waals surface area contributed by atoms with E-state index in [1.807, 2.05) is 0 Å². The second-order valence-corrected chi connectivity index (χ2v) is 3.57. The predicted octanol–water partition coefficient (Wildman–Crippen LogP) is 2.59. The maximum Gasteiger partial charge on any atom is 0.417 e. The normalized spacial score (nSPS) is 10.6. The van der Waals surface area contributed by atoms with E-state index < -0.39 is 17.6 Å². The van der Waals surface area contributed by atoms with Crippen LogP contribution in [-0.2, 0) is 11.0 Å². The van der Waals surface area contributed by atoms with E-state index in [4.69, 9.17) is 17.3 Å². The molecule has 0 heterocycles. The number of alkyl halides is 3. The molecule has 6 heteroatoms. The van der Waals surface area contributed by atoms with Crippen molar-refractivity contribution < 1.29 is 18.0 Å². The number of hydrogen-bond acceptors (Lipinski definition) is 1. The highest BCUT2D eigenvalue weighted by molar-refractivity contribution is 6.30. The number of primary amides is 1.